The van der Waals surface area contributed by atoms with Crippen LogP contribution in [0.2, 0.25) is 5.02 Å². The zero-order chi connectivity index (χ0) is 13.0. The lowest BCUT2D eigenvalue weighted by atomic mass is 9.86. The summed E-state index contributed by atoms with van der Waals surface area (Å²) in [7, 11) is 1.64. The Bertz CT molecular complexity index is 394. The average Bonchev–Trinajstić information content (AvgIpc) is 2.38. The lowest BCUT2D eigenvalue weighted by Gasteiger charge is -2.29. The van der Waals surface area contributed by atoms with E-state index < -0.39 is 0 Å². The molecule has 0 heterocycles. The smallest absolute Gasteiger partial charge is 0.137 e. The molecule has 2 atom stereocenters. The fourth-order valence-corrected chi connectivity index (χ4v) is 2.97. The van der Waals surface area contributed by atoms with E-state index in [0.717, 1.165) is 18.2 Å². The average molecular weight is 268 g/mol. The first kappa shape index (κ1) is 13.7. The van der Waals surface area contributed by atoms with Gasteiger partial charge < -0.3 is 10.1 Å². The fourth-order valence-electron chi connectivity index (χ4n) is 2.69. The molecule has 100 valence electrons. The van der Waals surface area contributed by atoms with Crippen molar-refractivity contribution >= 4 is 11.6 Å². The van der Waals surface area contributed by atoms with Crippen molar-refractivity contribution in [3.05, 3.63) is 28.8 Å². The molecule has 0 radical (unpaired) electrons. The number of methoxy groups -OCH3 is 1. The second-order valence-corrected chi connectivity index (χ2v) is 5.63. The van der Waals surface area contributed by atoms with Crippen molar-refractivity contribution < 1.29 is 4.74 Å². The van der Waals surface area contributed by atoms with Gasteiger partial charge in [0.15, 0.2) is 0 Å². The zero-order valence-electron chi connectivity index (χ0n) is 11.2. The van der Waals surface area contributed by atoms with Gasteiger partial charge in [0.2, 0.25) is 0 Å². The topological polar surface area (TPSA) is 21.3 Å². The summed E-state index contributed by atoms with van der Waals surface area (Å²) in [5, 5.41) is 4.34. The Morgan fingerprint density at radius 3 is 2.78 bits per heavy atom. The van der Waals surface area contributed by atoms with Gasteiger partial charge in [-0.2, -0.15) is 0 Å². The Kier molecular flexibility index (Phi) is 4.90. The number of hydrogen-bond acceptors (Lipinski definition) is 2. The summed E-state index contributed by atoms with van der Waals surface area (Å²) in [6.07, 6.45) is 5.38. The molecule has 18 heavy (non-hydrogen) atoms. The summed E-state index contributed by atoms with van der Waals surface area (Å²) >= 11 is 6.13. The molecule has 1 aromatic rings. The van der Waals surface area contributed by atoms with Crippen LogP contribution in [-0.4, -0.2) is 13.2 Å². The fraction of sp³-hybridized carbons (Fsp3) is 0.600. The van der Waals surface area contributed by atoms with Crippen LogP contribution in [0.15, 0.2) is 18.2 Å². The predicted molar refractivity (Wildman–Crippen MR) is 76.3 cm³/mol. The molecule has 0 saturated heterocycles. The summed E-state index contributed by atoms with van der Waals surface area (Å²) < 4.78 is 5.16. The van der Waals surface area contributed by atoms with Crippen LogP contribution < -0.4 is 10.1 Å². The van der Waals surface area contributed by atoms with E-state index >= 15 is 0 Å². The molecule has 0 spiro atoms. The first-order chi connectivity index (χ1) is 8.70. The van der Waals surface area contributed by atoms with Crippen molar-refractivity contribution in [2.24, 2.45) is 5.92 Å². The number of rotatable bonds is 4. The number of halogens is 1. The highest BCUT2D eigenvalue weighted by Crippen LogP contribution is 2.26. The van der Waals surface area contributed by atoms with Crippen LogP contribution in [-0.2, 0) is 6.54 Å². The van der Waals surface area contributed by atoms with Crippen LogP contribution in [0.4, 0.5) is 0 Å². The zero-order valence-corrected chi connectivity index (χ0v) is 12.0. The van der Waals surface area contributed by atoms with E-state index in [-0.39, 0.29) is 0 Å². The largest absolute Gasteiger partial charge is 0.495 e. The summed E-state index contributed by atoms with van der Waals surface area (Å²) in [6, 6.07) is 6.65. The highest BCUT2D eigenvalue weighted by Gasteiger charge is 2.20. The Morgan fingerprint density at radius 1 is 1.33 bits per heavy atom. The second-order valence-electron chi connectivity index (χ2n) is 5.22. The molecule has 1 fully saturated rings. The van der Waals surface area contributed by atoms with Crippen molar-refractivity contribution in [2.75, 3.05) is 7.11 Å². The molecule has 1 saturated carbocycles. The maximum Gasteiger partial charge on any atom is 0.137 e. The molecule has 2 nitrogen and oxygen atoms in total. The molecular formula is C15H22ClNO. The maximum absolute atomic E-state index is 6.13. The number of benzene rings is 1. The SMILES string of the molecule is COc1ccc(CN[C@H]2CCCC[C@H]2C)cc1Cl. The van der Waals surface area contributed by atoms with Gasteiger partial charge in [-0.05, 0) is 36.5 Å². The minimum absolute atomic E-state index is 0.652. The highest BCUT2D eigenvalue weighted by atomic mass is 35.5. The first-order valence-corrected chi connectivity index (χ1v) is 7.14. The van der Waals surface area contributed by atoms with E-state index in [9.17, 15) is 0 Å². The second kappa shape index (κ2) is 6.44. The minimum Gasteiger partial charge on any atom is -0.495 e. The van der Waals surface area contributed by atoms with E-state index in [1.807, 2.05) is 12.1 Å². The standard InChI is InChI=1S/C15H22ClNO/c1-11-5-3-4-6-14(11)17-10-12-7-8-15(18-2)13(16)9-12/h7-9,11,14,17H,3-6,10H2,1-2H3/t11-,14+/m1/s1. The third-order valence-electron chi connectivity index (χ3n) is 3.90. The molecule has 0 unspecified atom stereocenters. The van der Waals surface area contributed by atoms with Crippen LogP contribution in [0.1, 0.15) is 38.2 Å². The van der Waals surface area contributed by atoms with Crippen LogP contribution in [0.25, 0.3) is 0 Å². The van der Waals surface area contributed by atoms with Gasteiger partial charge in [-0.15, -0.1) is 0 Å². The molecule has 1 aliphatic rings. The normalized spacial score (nSPS) is 23.9. The van der Waals surface area contributed by atoms with Gasteiger partial charge in [0.1, 0.15) is 5.75 Å². The Balaban J connectivity index is 1.91. The maximum atomic E-state index is 6.13. The van der Waals surface area contributed by atoms with Gasteiger partial charge in [0.25, 0.3) is 0 Å². The van der Waals surface area contributed by atoms with Gasteiger partial charge in [0.05, 0.1) is 12.1 Å². The van der Waals surface area contributed by atoms with Crippen LogP contribution in [0.5, 0.6) is 5.75 Å². The van der Waals surface area contributed by atoms with Crippen LogP contribution in [0, 0.1) is 5.92 Å². The van der Waals surface area contributed by atoms with Gasteiger partial charge in [-0.25, -0.2) is 0 Å². The molecule has 0 bridgehead atoms. The number of ether oxygens (including phenoxy) is 1. The lowest BCUT2D eigenvalue weighted by molar-refractivity contribution is 0.279. The van der Waals surface area contributed by atoms with Crippen LogP contribution >= 0.6 is 11.6 Å². The van der Waals surface area contributed by atoms with E-state index in [2.05, 4.69) is 18.3 Å². The summed E-state index contributed by atoms with van der Waals surface area (Å²) in [4.78, 5) is 0. The number of nitrogens with one attached hydrogen (secondary N) is 1. The predicted octanol–water partition coefficient (Wildman–Crippen LogP) is 4.02. The van der Waals surface area contributed by atoms with Crippen molar-refractivity contribution in [2.45, 2.75) is 45.2 Å². The van der Waals surface area contributed by atoms with Crippen molar-refractivity contribution in [3.8, 4) is 5.75 Å². The summed E-state index contributed by atoms with van der Waals surface area (Å²) in [6.45, 7) is 3.23. The van der Waals surface area contributed by atoms with Gasteiger partial charge in [-0.1, -0.05) is 37.4 Å². The van der Waals surface area contributed by atoms with Gasteiger partial charge >= 0.3 is 0 Å². The van der Waals surface area contributed by atoms with Crippen molar-refractivity contribution in [1.29, 1.82) is 0 Å². The monoisotopic (exact) mass is 267 g/mol. The third kappa shape index (κ3) is 3.39. The molecule has 0 aliphatic heterocycles. The van der Waals surface area contributed by atoms with E-state index in [4.69, 9.17) is 16.3 Å². The van der Waals surface area contributed by atoms with Gasteiger partial charge in [0, 0.05) is 12.6 Å². The van der Waals surface area contributed by atoms with Crippen molar-refractivity contribution in [1.82, 2.24) is 5.32 Å². The summed E-state index contributed by atoms with van der Waals surface area (Å²) in [5.41, 5.74) is 1.22. The molecule has 1 N–H and O–H groups in total. The van der Waals surface area contributed by atoms with E-state index in [1.54, 1.807) is 7.11 Å². The molecule has 2 rings (SSSR count). The Morgan fingerprint density at radius 2 is 2.11 bits per heavy atom. The quantitative estimate of drug-likeness (QED) is 0.890. The number of hydrogen-bond donors (Lipinski definition) is 1. The third-order valence-corrected chi connectivity index (χ3v) is 4.19. The molecule has 3 heteroatoms. The van der Waals surface area contributed by atoms with Gasteiger partial charge in [-0.3, -0.25) is 0 Å². The molecule has 0 amide bonds. The Labute approximate surface area is 115 Å². The highest BCUT2D eigenvalue weighted by molar-refractivity contribution is 6.32. The van der Waals surface area contributed by atoms with Crippen LogP contribution in [0.3, 0.4) is 0 Å². The lowest BCUT2D eigenvalue weighted by Crippen LogP contribution is -2.36. The van der Waals surface area contributed by atoms with E-state index in [0.29, 0.717) is 11.1 Å². The molecule has 1 aromatic carbocycles. The minimum atomic E-state index is 0.652. The molecular weight excluding hydrogens is 246 g/mol. The Hall–Kier alpha value is -0.730. The van der Waals surface area contributed by atoms with Crippen molar-refractivity contribution in [3.63, 3.8) is 0 Å². The molecule has 1 aliphatic carbocycles. The first-order valence-electron chi connectivity index (χ1n) is 6.76. The molecule has 0 aromatic heterocycles. The summed E-state index contributed by atoms with van der Waals surface area (Å²) in [5.74, 6) is 1.53. The van der Waals surface area contributed by atoms with E-state index in [1.165, 1.54) is 31.2 Å².